The van der Waals surface area contributed by atoms with Gasteiger partial charge in [0.1, 0.15) is 12.4 Å². The fourth-order valence-electron chi connectivity index (χ4n) is 3.34. The van der Waals surface area contributed by atoms with Crippen LogP contribution >= 0.6 is 27.5 Å². The van der Waals surface area contributed by atoms with Gasteiger partial charge in [0.2, 0.25) is 5.43 Å². The fourth-order valence-corrected chi connectivity index (χ4v) is 3.94. The first kappa shape index (κ1) is 27.8. The lowest BCUT2D eigenvalue weighted by Gasteiger charge is -2.25. The number of aliphatic hydroxyl groups is 2. The summed E-state index contributed by atoms with van der Waals surface area (Å²) in [5.41, 5.74) is 0.585. The number of pyridine rings is 1. The van der Waals surface area contributed by atoms with Crippen LogP contribution in [-0.2, 0) is 17.9 Å². The van der Waals surface area contributed by atoms with Gasteiger partial charge in [-0.3, -0.25) is 9.59 Å². The number of carbonyl (C=O) groups is 1. The Labute approximate surface area is 220 Å². The van der Waals surface area contributed by atoms with Crippen molar-refractivity contribution in [1.29, 1.82) is 0 Å². The van der Waals surface area contributed by atoms with Crippen LogP contribution in [0, 0.1) is 5.82 Å². The Bertz CT molecular complexity index is 1260. The standard InChI is InChI=1S/C25H25BrClFN2O6/c1-15(32)35-14-18(12-31)30-11-19(26)23(33)24(36-13-16-5-3-2-4-6-16)22(30)25(34)29-10-17-7-8-21(28)20(27)9-17/h2-9,11,15,18,31-32H,10,12-14H2,1H3,(H,29,34). The summed E-state index contributed by atoms with van der Waals surface area (Å²) in [5, 5.41) is 22.1. The Kier molecular flexibility index (Phi) is 10.0. The van der Waals surface area contributed by atoms with E-state index in [2.05, 4.69) is 21.2 Å². The number of amides is 1. The molecular weight excluding hydrogens is 559 g/mol. The smallest absolute Gasteiger partial charge is 0.272 e. The summed E-state index contributed by atoms with van der Waals surface area (Å²) in [6.45, 7) is 0.776. The van der Waals surface area contributed by atoms with Crippen LogP contribution in [0.4, 0.5) is 4.39 Å². The molecule has 192 valence electrons. The Balaban J connectivity index is 2.01. The Morgan fingerprint density at radius 1 is 1.22 bits per heavy atom. The fraction of sp³-hybridized carbons (Fsp3) is 0.280. The topological polar surface area (TPSA) is 110 Å². The van der Waals surface area contributed by atoms with E-state index in [9.17, 15) is 24.2 Å². The maximum absolute atomic E-state index is 13.5. The predicted octanol–water partition coefficient (Wildman–Crippen LogP) is 3.80. The van der Waals surface area contributed by atoms with Crippen molar-refractivity contribution in [2.75, 3.05) is 13.2 Å². The van der Waals surface area contributed by atoms with Crippen LogP contribution in [0.5, 0.6) is 5.75 Å². The number of benzene rings is 2. The summed E-state index contributed by atoms with van der Waals surface area (Å²) in [6.07, 6.45) is 0.240. The van der Waals surface area contributed by atoms with E-state index >= 15 is 0 Å². The molecule has 2 unspecified atom stereocenters. The quantitative estimate of drug-likeness (QED) is 0.296. The van der Waals surface area contributed by atoms with Crippen molar-refractivity contribution in [2.24, 2.45) is 0 Å². The van der Waals surface area contributed by atoms with Crippen LogP contribution in [-0.4, -0.2) is 40.2 Å². The summed E-state index contributed by atoms with van der Waals surface area (Å²) in [6, 6.07) is 12.3. The molecule has 0 fully saturated rings. The molecule has 1 aromatic heterocycles. The lowest BCUT2D eigenvalue weighted by atomic mass is 10.2. The van der Waals surface area contributed by atoms with Gasteiger partial charge >= 0.3 is 0 Å². The molecule has 0 bridgehead atoms. The highest BCUT2D eigenvalue weighted by atomic mass is 79.9. The average Bonchev–Trinajstić information content (AvgIpc) is 2.86. The van der Waals surface area contributed by atoms with Gasteiger partial charge in [-0.25, -0.2) is 4.39 Å². The number of rotatable bonds is 11. The molecule has 0 saturated carbocycles. The van der Waals surface area contributed by atoms with E-state index in [1.807, 2.05) is 30.3 Å². The maximum atomic E-state index is 13.5. The van der Waals surface area contributed by atoms with Crippen LogP contribution in [0.1, 0.15) is 34.6 Å². The normalized spacial score (nSPS) is 12.7. The van der Waals surface area contributed by atoms with Crippen LogP contribution in [0.15, 0.2) is 64.0 Å². The number of hydrogen-bond donors (Lipinski definition) is 3. The summed E-state index contributed by atoms with van der Waals surface area (Å²) < 4.78 is 26.0. The van der Waals surface area contributed by atoms with Gasteiger partial charge in [-0.1, -0.05) is 48.0 Å². The third-order valence-electron chi connectivity index (χ3n) is 5.16. The Hall–Kier alpha value is -2.76. The van der Waals surface area contributed by atoms with Gasteiger partial charge in [0.15, 0.2) is 17.7 Å². The van der Waals surface area contributed by atoms with Crippen LogP contribution in [0.3, 0.4) is 0 Å². The zero-order valence-corrected chi connectivity index (χ0v) is 21.6. The van der Waals surface area contributed by atoms with E-state index in [4.69, 9.17) is 21.1 Å². The maximum Gasteiger partial charge on any atom is 0.272 e. The van der Waals surface area contributed by atoms with E-state index in [0.717, 1.165) is 5.56 Å². The predicted molar refractivity (Wildman–Crippen MR) is 136 cm³/mol. The van der Waals surface area contributed by atoms with Gasteiger partial charge in [-0.05, 0) is 46.1 Å². The zero-order chi connectivity index (χ0) is 26.2. The van der Waals surface area contributed by atoms with Crippen molar-refractivity contribution in [3.63, 3.8) is 0 Å². The SMILES string of the molecule is CC(O)OCC(CO)n1cc(Br)c(=O)c(OCc2ccccc2)c1C(=O)NCc1ccc(F)c(Cl)c1. The van der Waals surface area contributed by atoms with Crippen molar-refractivity contribution in [1.82, 2.24) is 9.88 Å². The first-order chi connectivity index (χ1) is 17.2. The molecule has 8 nitrogen and oxygen atoms in total. The minimum atomic E-state index is -1.11. The summed E-state index contributed by atoms with van der Waals surface area (Å²) >= 11 is 9.04. The highest BCUT2D eigenvalue weighted by molar-refractivity contribution is 9.10. The Morgan fingerprint density at radius 2 is 1.94 bits per heavy atom. The highest BCUT2D eigenvalue weighted by Gasteiger charge is 2.26. The van der Waals surface area contributed by atoms with Crippen LogP contribution in [0.25, 0.3) is 0 Å². The molecule has 0 aliphatic rings. The van der Waals surface area contributed by atoms with Crippen molar-refractivity contribution in [2.45, 2.75) is 32.4 Å². The third-order valence-corrected chi connectivity index (χ3v) is 6.02. The number of carbonyl (C=O) groups excluding carboxylic acids is 1. The van der Waals surface area contributed by atoms with Crippen LogP contribution < -0.4 is 15.5 Å². The molecule has 1 heterocycles. The second-order valence-corrected chi connectivity index (χ2v) is 9.13. The lowest BCUT2D eigenvalue weighted by molar-refractivity contribution is -0.0981. The van der Waals surface area contributed by atoms with Crippen molar-refractivity contribution in [3.8, 4) is 5.75 Å². The summed E-state index contributed by atoms with van der Waals surface area (Å²) in [5.74, 6) is -1.51. The first-order valence-electron chi connectivity index (χ1n) is 10.9. The molecule has 0 spiro atoms. The van der Waals surface area contributed by atoms with Crippen molar-refractivity contribution in [3.05, 3.63) is 97.1 Å². The first-order valence-corrected chi connectivity index (χ1v) is 12.1. The molecule has 0 aliphatic heterocycles. The molecule has 0 saturated heterocycles. The van der Waals surface area contributed by atoms with Gasteiger partial charge in [0, 0.05) is 12.7 Å². The molecule has 3 rings (SSSR count). The number of ether oxygens (including phenoxy) is 2. The van der Waals surface area contributed by atoms with Gasteiger partial charge in [-0.15, -0.1) is 0 Å². The molecule has 3 aromatic rings. The van der Waals surface area contributed by atoms with Crippen LogP contribution in [0.2, 0.25) is 5.02 Å². The molecule has 36 heavy (non-hydrogen) atoms. The largest absolute Gasteiger partial charge is 0.483 e. The molecular formula is C25H25BrClFN2O6. The molecule has 0 aliphatic carbocycles. The number of halogens is 3. The average molecular weight is 584 g/mol. The number of aromatic nitrogens is 1. The molecule has 0 radical (unpaired) electrons. The molecule has 2 aromatic carbocycles. The van der Waals surface area contributed by atoms with E-state index in [1.54, 1.807) is 0 Å². The van der Waals surface area contributed by atoms with Gasteiger partial charge in [-0.2, -0.15) is 0 Å². The molecule has 3 N–H and O–H groups in total. The number of hydrogen-bond acceptors (Lipinski definition) is 6. The number of nitrogens with zero attached hydrogens (tertiary/aromatic N) is 1. The zero-order valence-electron chi connectivity index (χ0n) is 19.3. The van der Waals surface area contributed by atoms with Crippen molar-refractivity contribution >= 4 is 33.4 Å². The molecule has 11 heteroatoms. The summed E-state index contributed by atoms with van der Waals surface area (Å²) in [4.78, 5) is 26.4. The number of aliphatic hydroxyl groups excluding tert-OH is 2. The second-order valence-electron chi connectivity index (χ2n) is 7.87. The third kappa shape index (κ3) is 7.14. The van der Waals surface area contributed by atoms with Gasteiger partial charge in [0.25, 0.3) is 5.91 Å². The monoisotopic (exact) mass is 582 g/mol. The lowest BCUT2D eigenvalue weighted by Crippen LogP contribution is -2.34. The Morgan fingerprint density at radius 3 is 2.58 bits per heavy atom. The summed E-state index contributed by atoms with van der Waals surface area (Å²) in [7, 11) is 0. The van der Waals surface area contributed by atoms with E-state index < -0.39 is 36.1 Å². The minimum absolute atomic E-state index is 0.00828. The molecule has 1 amide bonds. The number of nitrogens with one attached hydrogen (secondary N) is 1. The van der Waals surface area contributed by atoms with Gasteiger partial charge < -0.3 is 29.6 Å². The highest BCUT2D eigenvalue weighted by Crippen LogP contribution is 2.24. The van der Waals surface area contributed by atoms with E-state index in [1.165, 1.54) is 35.9 Å². The second kappa shape index (κ2) is 13.0. The molecule has 2 atom stereocenters. The minimum Gasteiger partial charge on any atom is -0.483 e. The van der Waals surface area contributed by atoms with Crippen molar-refractivity contribution < 1.29 is 28.9 Å². The van der Waals surface area contributed by atoms with E-state index in [0.29, 0.717) is 5.56 Å². The van der Waals surface area contributed by atoms with E-state index in [-0.39, 0.29) is 40.7 Å². The van der Waals surface area contributed by atoms with Gasteiger partial charge in [0.05, 0.1) is 28.8 Å².